The van der Waals surface area contributed by atoms with Crippen LogP contribution < -0.4 is 0 Å². The Kier molecular flexibility index (Phi) is 4.47. The van der Waals surface area contributed by atoms with Crippen molar-refractivity contribution in [3.05, 3.63) is 12.3 Å². The Morgan fingerprint density at radius 2 is 2.08 bits per heavy atom. The molecule has 12 heavy (non-hydrogen) atoms. The monoisotopic (exact) mass is 178 g/mol. The van der Waals surface area contributed by atoms with Gasteiger partial charge in [-0.05, 0) is 6.92 Å². The van der Waals surface area contributed by atoms with E-state index in [0.29, 0.717) is 6.61 Å². The predicted molar refractivity (Wildman–Crippen MR) is 41.0 cm³/mol. The van der Waals surface area contributed by atoms with Crippen molar-refractivity contribution in [2.24, 2.45) is 0 Å². The first-order valence-corrected chi connectivity index (χ1v) is 3.75. The van der Waals surface area contributed by atoms with E-state index in [9.17, 15) is 13.6 Å². The van der Waals surface area contributed by atoms with Crippen molar-refractivity contribution < 1.29 is 18.3 Å². The van der Waals surface area contributed by atoms with Crippen LogP contribution in [0, 0.1) is 0 Å². The lowest BCUT2D eigenvalue weighted by Gasteiger charge is -2.08. The molecule has 0 amide bonds. The van der Waals surface area contributed by atoms with Crippen molar-refractivity contribution in [2.75, 3.05) is 6.61 Å². The fourth-order valence-corrected chi connectivity index (χ4v) is 0.502. The summed E-state index contributed by atoms with van der Waals surface area (Å²) in [7, 11) is 0. The molecule has 0 atom stereocenters. The summed E-state index contributed by atoms with van der Waals surface area (Å²) < 4.78 is 29.6. The molecule has 0 fully saturated rings. The summed E-state index contributed by atoms with van der Waals surface area (Å²) in [5, 5.41) is 0. The highest BCUT2D eigenvalue weighted by atomic mass is 19.3. The van der Waals surface area contributed by atoms with E-state index < -0.39 is 18.1 Å². The second-order valence-electron chi connectivity index (χ2n) is 2.18. The number of rotatable bonds is 5. The minimum absolute atomic E-state index is 0.363. The van der Waals surface area contributed by atoms with E-state index in [4.69, 9.17) is 0 Å². The number of ketones is 1. The Bertz CT molecular complexity index is 176. The first-order valence-electron chi connectivity index (χ1n) is 3.75. The van der Waals surface area contributed by atoms with Crippen molar-refractivity contribution in [1.82, 2.24) is 0 Å². The van der Waals surface area contributed by atoms with Crippen LogP contribution in [0.3, 0.4) is 0 Å². The molecule has 0 heterocycles. The number of halogens is 2. The lowest BCUT2D eigenvalue weighted by atomic mass is 10.2. The highest BCUT2D eigenvalue weighted by molar-refractivity contribution is 5.95. The van der Waals surface area contributed by atoms with Crippen LogP contribution in [0.1, 0.15) is 20.3 Å². The third-order valence-electron chi connectivity index (χ3n) is 1.29. The molecular weight excluding hydrogens is 166 g/mol. The second kappa shape index (κ2) is 4.85. The molecule has 0 aliphatic carbocycles. The van der Waals surface area contributed by atoms with Gasteiger partial charge in [-0.25, -0.2) is 0 Å². The summed E-state index contributed by atoms with van der Waals surface area (Å²) in [6, 6.07) is 0. The minimum atomic E-state index is -3.26. The SMILES string of the molecule is CCO/C=C/C(=O)C(F)(F)CC. The van der Waals surface area contributed by atoms with Gasteiger partial charge in [0, 0.05) is 12.5 Å². The van der Waals surface area contributed by atoms with Crippen molar-refractivity contribution in [2.45, 2.75) is 26.2 Å². The summed E-state index contributed by atoms with van der Waals surface area (Å²) in [6.45, 7) is 3.32. The molecule has 0 N–H and O–H groups in total. The average Bonchev–Trinajstić information content (AvgIpc) is 2.05. The largest absolute Gasteiger partial charge is 0.501 e. The topological polar surface area (TPSA) is 26.3 Å². The van der Waals surface area contributed by atoms with Crippen LogP contribution >= 0.6 is 0 Å². The van der Waals surface area contributed by atoms with E-state index in [1.807, 2.05) is 0 Å². The molecule has 0 saturated carbocycles. The first-order chi connectivity index (χ1) is 5.54. The lowest BCUT2D eigenvalue weighted by Crippen LogP contribution is -2.25. The summed E-state index contributed by atoms with van der Waals surface area (Å²) in [4.78, 5) is 10.7. The Morgan fingerprint density at radius 3 is 2.50 bits per heavy atom. The van der Waals surface area contributed by atoms with Gasteiger partial charge >= 0.3 is 5.92 Å². The first kappa shape index (κ1) is 11.1. The highest BCUT2D eigenvalue weighted by Crippen LogP contribution is 2.19. The maximum atomic E-state index is 12.5. The van der Waals surface area contributed by atoms with Crippen molar-refractivity contribution >= 4 is 5.78 Å². The maximum absolute atomic E-state index is 12.5. The zero-order valence-corrected chi connectivity index (χ0v) is 7.14. The molecule has 4 heteroatoms. The summed E-state index contributed by atoms with van der Waals surface area (Å²) >= 11 is 0. The predicted octanol–water partition coefficient (Wildman–Crippen LogP) is 2.15. The average molecular weight is 178 g/mol. The van der Waals surface area contributed by atoms with E-state index in [0.717, 1.165) is 12.3 Å². The van der Waals surface area contributed by atoms with E-state index in [-0.39, 0.29) is 0 Å². The van der Waals surface area contributed by atoms with E-state index in [2.05, 4.69) is 4.74 Å². The van der Waals surface area contributed by atoms with Gasteiger partial charge in [0.15, 0.2) is 0 Å². The van der Waals surface area contributed by atoms with Crippen LogP contribution in [0.25, 0.3) is 0 Å². The molecule has 0 aliphatic rings. The molecule has 0 aromatic heterocycles. The van der Waals surface area contributed by atoms with Gasteiger partial charge in [-0.1, -0.05) is 6.92 Å². The molecular formula is C8H12F2O2. The van der Waals surface area contributed by atoms with Gasteiger partial charge in [-0.15, -0.1) is 0 Å². The molecule has 2 nitrogen and oxygen atoms in total. The van der Waals surface area contributed by atoms with Crippen LogP contribution in [-0.4, -0.2) is 18.3 Å². The van der Waals surface area contributed by atoms with Gasteiger partial charge in [0.2, 0.25) is 5.78 Å². The fourth-order valence-electron chi connectivity index (χ4n) is 0.502. The molecule has 0 aromatic carbocycles. The summed E-state index contributed by atoms with van der Waals surface area (Å²) in [6.07, 6.45) is 1.27. The quantitative estimate of drug-likeness (QED) is 0.476. The molecule has 0 aromatic rings. The molecule has 0 unspecified atom stereocenters. The fraction of sp³-hybridized carbons (Fsp3) is 0.625. The van der Waals surface area contributed by atoms with Gasteiger partial charge in [0.05, 0.1) is 12.9 Å². The Balaban J connectivity index is 4.03. The second-order valence-corrected chi connectivity index (χ2v) is 2.18. The molecule has 70 valence electrons. The summed E-state index contributed by atoms with van der Waals surface area (Å²) in [5.74, 6) is -4.47. The van der Waals surface area contributed by atoms with Gasteiger partial charge in [0.25, 0.3) is 0 Å². The number of hydrogen-bond donors (Lipinski definition) is 0. The Morgan fingerprint density at radius 1 is 1.50 bits per heavy atom. The highest BCUT2D eigenvalue weighted by Gasteiger charge is 2.33. The van der Waals surface area contributed by atoms with Crippen LogP contribution in [0.2, 0.25) is 0 Å². The zero-order chi connectivity index (χ0) is 9.61. The van der Waals surface area contributed by atoms with Crippen LogP contribution in [0.4, 0.5) is 8.78 Å². The van der Waals surface area contributed by atoms with Crippen LogP contribution in [0.15, 0.2) is 12.3 Å². The number of hydrogen-bond acceptors (Lipinski definition) is 2. The van der Waals surface area contributed by atoms with Crippen LogP contribution in [0.5, 0.6) is 0 Å². The molecule has 0 radical (unpaired) electrons. The van der Waals surface area contributed by atoms with Gasteiger partial charge in [-0.3, -0.25) is 4.79 Å². The number of alkyl halides is 2. The van der Waals surface area contributed by atoms with Gasteiger partial charge in [-0.2, -0.15) is 8.78 Å². The zero-order valence-electron chi connectivity index (χ0n) is 7.14. The Labute approximate surface area is 70.2 Å². The Hall–Kier alpha value is -0.930. The van der Waals surface area contributed by atoms with E-state index in [1.54, 1.807) is 6.92 Å². The number of carbonyl (C=O) groups is 1. The number of carbonyl (C=O) groups excluding carboxylic acids is 1. The van der Waals surface area contributed by atoms with Crippen molar-refractivity contribution in [3.63, 3.8) is 0 Å². The third kappa shape index (κ3) is 3.46. The number of allylic oxidation sites excluding steroid dienone is 1. The van der Waals surface area contributed by atoms with Crippen molar-refractivity contribution in [3.8, 4) is 0 Å². The molecule has 0 saturated heterocycles. The van der Waals surface area contributed by atoms with E-state index in [1.165, 1.54) is 6.92 Å². The third-order valence-corrected chi connectivity index (χ3v) is 1.29. The van der Waals surface area contributed by atoms with E-state index >= 15 is 0 Å². The van der Waals surface area contributed by atoms with Gasteiger partial charge in [0.1, 0.15) is 0 Å². The molecule has 0 bridgehead atoms. The lowest BCUT2D eigenvalue weighted by molar-refractivity contribution is -0.138. The normalized spacial score (nSPS) is 12.0. The number of ether oxygens (including phenoxy) is 1. The summed E-state index contributed by atoms with van der Waals surface area (Å²) in [5.41, 5.74) is 0. The molecule has 0 aliphatic heterocycles. The van der Waals surface area contributed by atoms with Gasteiger partial charge < -0.3 is 4.74 Å². The maximum Gasteiger partial charge on any atom is 0.309 e. The molecule has 0 rings (SSSR count). The van der Waals surface area contributed by atoms with Crippen molar-refractivity contribution in [1.29, 1.82) is 0 Å². The smallest absolute Gasteiger partial charge is 0.309 e. The standard InChI is InChI=1S/C8H12F2O2/c1-3-8(9,10)7(11)5-6-12-4-2/h5-6H,3-4H2,1-2H3/b6-5+. The molecule has 0 spiro atoms. The minimum Gasteiger partial charge on any atom is -0.501 e. The van der Waals surface area contributed by atoms with Crippen LogP contribution in [-0.2, 0) is 9.53 Å².